The summed E-state index contributed by atoms with van der Waals surface area (Å²) in [6.45, 7) is 2.90. The van der Waals surface area contributed by atoms with Crippen LogP contribution >= 0.6 is 0 Å². The van der Waals surface area contributed by atoms with Gasteiger partial charge in [-0.1, -0.05) is 140 Å². The van der Waals surface area contributed by atoms with Crippen LogP contribution in [0, 0.1) is 0 Å². The molecular formula is C35H54O4S. The normalized spacial score (nSPS) is 11.8. The Labute approximate surface area is 245 Å². The summed E-state index contributed by atoms with van der Waals surface area (Å²) >= 11 is 0. The standard InChI is InChI=1S/C35H54O4S/c1-2-3-4-5-6-7-8-9-10-11-12-13-14-15-16-17-31-40(37,38)35-27-23-33(24-28-35)20-19-32-21-25-34(26-22-32)39-30-18-29-36/h19-28,36H,2-18,29-31H2,1H3. The molecule has 2 aromatic carbocycles. The Balaban J connectivity index is 1.55. The van der Waals surface area contributed by atoms with Crippen LogP contribution < -0.4 is 4.74 Å². The van der Waals surface area contributed by atoms with Crippen LogP contribution in [-0.4, -0.2) is 32.5 Å². The van der Waals surface area contributed by atoms with Crippen molar-refractivity contribution < 1.29 is 18.3 Å². The highest BCUT2D eigenvalue weighted by molar-refractivity contribution is 7.91. The zero-order valence-electron chi connectivity index (χ0n) is 25.0. The summed E-state index contributed by atoms with van der Waals surface area (Å²) in [7, 11) is -3.23. The molecule has 4 nitrogen and oxygen atoms in total. The monoisotopic (exact) mass is 570 g/mol. The molecule has 0 amide bonds. The fourth-order valence-electron chi connectivity index (χ4n) is 4.87. The molecule has 2 rings (SSSR count). The van der Waals surface area contributed by atoms with Crippen LogP contribution in [-0.2, 0) is 9.84 Å². The summed E-state index contributed by atoms with van der Waals surface area (Å²) in [6.07, 6.45) is 25.2. The van der Waals surface area contributed by atoms with Gasteiger partial charge in [-0.05, 0) is 41.8 Å². The minimum atomic E-state index is -3.23. The van der Waals surface area contributed by atoms with E-state index in [1.54, 1.807) is 12.1 Å². The number of hydrogen-bond donors (Lipinski definition) is 1. The van der Waals surface area contributed by atoms with Crippen LogP contribution in [0.1, 0.15) is 127 Å². The van der Waals surface area contributed by atoms with Gasteiger partial charge in [0.05, 0.1) is 17.3 Å². The second-order valence-corrected chi connectivity index (χ2v) is 13.1. The van der Waals surface area contributed by atoms with Gasteiger partial charge >= 0.3 is 0 Å². The quantitative estimate of drug-likeness (QED) is 0.101. The number of sulfone groups is 1. The van der Waals surface area contributed by atoms with E-state index in [2.05, 4.69) is 6.92 Å². The van der Waals surface area contributed by atoms with Gasteiger partial charge in [0.1, 0.15) is 5.75 Å². The Kier molecular flexibility index (Phi) is 18.4. The molecule has 0 aromatic heterocycles. The van der Waals surface area contributed by atoms with Crippen LogP contribution in [0.25, 0.3) is 12.2 Å². The summed E-state index contributed by atoms with van der Waals surface area (Å²) in [5.41, 5.74) is 2.00. The van der Waals surface area contributed by atoms with Gasteiger partial charge in [0, 0.05) is 13.0 Å². The first-order chi connectivity index (χ1) is 19.5. The molecule has 2 aromatic rings. The van der Waals surface area contributed by atoms with Crippen LogP contribution in [0.3, 0.4) is 0 Å². The number of hydrogen-bond acceptors (Lipinski definition) is 4. The van der Waals surface area contributed by atoms with Crippen molar-refractivity contribution in [3.8, 4) is 5.75 Å². The minimum absolute atomic E-state index is 0.125. The lowest BCUT2D eigenvalue weighted by Crippen LogP contribution is -2.06. The van der Waals surface area contributed by atoms with Crippen molar-refractivity contribution in [3.63, 3.8) is 0 Å². The average molecular weight is 571 g/mol. The predicted octanol–water partition coefficient (Wildman–Crippen LogP) is 9.65. The molecule has 0 radical (unpaired) electrons. The number of aliphatic hydroxyl groups excluding tert-OH is 1. The van der Waals surface area contributed by atoms with Gasteiger partial charge in [0.2, 0.25) is 0 Å². The summed E-state index contributed by atoms with van der Waals surface area (Å²) in [4.78, 5) is 0.412. The first-order valence-electron chi connectivity index (χ1n) is 15.9. The van der Waals surface area contributed by atoms with E-state index in [9.17, 15) is 8.42 Å². The Hall–Kier alpha value is -2.11. The Morgan fingerprint density at radius 1 is 0.600 bits per heavy atom. The molecule has 224 valence electrons. The number of ether oxygens (including phenoxy) is 1. The smallest absolute Gasteiger partial charge is 0.178 e. The molecule has 0 atom stereocenters. The van der Waals surface area contributed by atoms with E-state index < -0.39 is 9.84 Å². The van der Waals surface area contributed by atoms with Crippen molar-refractivity contribution in [1.29, 1.82) is 0 Å². The van der Waals surface area contributed by atoms with E-state index in [0.29, 0.717) is 17.9 Å². The number of benzene rings is 2. The van der Waals surface area contributed by atoms with Crippen LogP contribution in [0.2, 0.25) is 0 Å². The molecule has 0 aliphatic heterocycles. The second kappa shape index (κ2) is 21.6. The lowest BCUT2D eigenvalue weighted by atomic mass is 10.0. The first-order valence-corrected chi connectivity index (χ1v) is 17.5. The number of aliphatic hydroxyl groups is 1. The van der Waals surface area contributed by atoms with Crippen LogP contribution in [0.4, 0.5) is 0 Å². The third-order valence-corrected chi connectivity index (χ3v) is 9.24. The van der Waals surface area contributed by atoms with Crippen molar-refractivity contribution in [2.75, 3.05) is 19.0 Å². The average Bonchev–Trinajstić information content (AvgIpc) is 2.97. The Morgan fingerprint density at radius 2 is 1.02 bits per heavy atom. The van der Waals surface area contributed by atoms with Gasteiger partial charge in [0.15, 0.2) is 9.84 Å². The molecule has 0 spiro atoms. The van der Waals surface area contributed by atoms with Gasteiger partial charge in [-0.2, -0.15) is 0 Å². The van der Waals surface area contributed by atoms with Gasteiger partial charge in [-0.15, -0.1) is 0 Å². The van der Waals surface area contributed by atoms with Crippen molar-refractivity contribution in [2.24, 2.45) is 0 Å². The zero-order chi connectivity index (χ0) is 28.7. The van der Waals surface area contributed by atoms with Crippen molar-refractivity contribution in [1.82, 2.24) is 0 Å². The number of unbranched alkanes of at least 4 members (excludes halogenated alkanes) is 15. The van der Waals surface area contributed by atoms with E-state index in [-0.39, 0.29) is 12.4 Å². The third-order valence-electron chi connectivity index (χ3n) is 7.43. The van der Waals surface area contributed by atoms with E-state index in [1.165, 1.54) is 83.5 Å². The third kappa shape index (κ3) is 15.6. The van der Waals surface area contributed by atoms with Gasteiger partial charge in [-0.25, -0.2) is 8.42 Å². The summed E-state index contributed by atoms with van der Waals surface area (Å²) in [5, 5.41) is 8.83. The topological polar surface area (TPSA) is 63.6 Å². The molecule has 0 bridgehead atoms. The van der Waals surface area contributed by atoms with Crippen molar-refractivity contribution in [3.05, 3.63) is 59.7 Å². The fraction of sp³-hybridized carbons (Fsp3) is 0.600. The van der Waals surface area contributed by atoms with E-state index in [1.807, 2.05) is 48.6 Å². The summed E-state index contributed by atoms with van der Waals surface area (Å²) in [5.74, 6) is 1.01. The Morgan fingerprint density at radius 3 is 1.48 bits per heavy atom. The van der Waals surface area contributed by atoms with Crippen LogP contribution in [0.15, 0.2) is 53.4 Å². The molecule has 0 fully saturated rings. The molecule has 0 aliphatic rings. The highest BCUT2D eigenvalue weighted by atomic mass is 32.2. The molecule has 0 saturated heterocycles. The van der Waals surface area contributed by atoms with Gasteiger partial charge in [0.25, 0.3) is 0 Å². The maximum atomic E-state index is 12.8. The molecule has 40 heavy (non-hydrogen) atoms. The SMILES string of the molecule is CCCCCCCCCCCCCCCCCCS(=O)(=O)c1ccc(C=Cc2ccc(OCCCO)cc2)cc1. The lowest BCUT2D eigenvalue weighted by molar-refractivity contribution is 0.233. The van der Waals surface area contributed by atoms with Crippen molar-refractivity contribution >= 4 is 22.0 Å². The molecule has 0 heterocycles. The van der Waals surface area contributed by atoms with E-state index in [0.717, 1.165) is 36.1 Å². The largest absolute Gasteiger partial charge is 0.494 e. The maximum Gasteiger partial charge on any atom is 0.178 e. The van der Waals surface area contributed by atoms with Crippen LogP contribution in [0.5, 0.6) is 5.75 Å². The lowest BCUT2D eigenvalue weighted by Gasteiger charge is -2.06. The molecule has 0 saturated carbocycles. The minimum Gasteiger partial charge on any atom is -0.494 e. The molecule has 0 unspecified atom stereocenters. The molecule has 5 heteroatoms. The van der Waals surface area contributed by atoms with E-state index in [4.69, 9.17) is 9.84 Å². The van der Waals surface area contributed by atoms with E-state index >= 15 is 0 Å². The summed E-state index contributed by atoms with van der Waals surface area (Å²) < 4.78 is 31.1. The summed E-state index contributed by atoms with van der Waals surface area (Å²) in [6, 6.07) is 14.9. The highest BCUT2D eigenvalue weighted by Gasteiger charge is 2.13. The Bertz CT molecular complexity index is 1010. The zero-order valence-corrected chi connectivity index (χ0v) is 25.8. The molecule has 1 N–H and O–H groups in total. The number of rotatable bonds is 24. The fourth-order valence-corrected chi connectivity index (χ4v) is 6.24. The molecular weight excluding hydrogens is 516 g/mol. The predicted molar refractivity (Wildman–Crippen MR) is 171 cm³/mol. The molecule has 0 aliphatic carbocycles. The first kappa shape index (κ1) is 34.1. The highest BCUT2D eigenvalue weighted by Crippen LogP contribution is 2.19. The second-order valence-electron chi connectivity index (χ2n) is 11.0. The van der Waals surface area contributed by atoms with Crippen molar-refractivity contribution in [2.45, 2.75) is 121 Å². The van der Waals surface area contributed by atoms with Gasteiger partial charge in [-0.3, -0.25) is 0 Å². The maximum absolute atomic E-state index is 12.8. The van der Waals surface area contributed by atoms with Gasteiger partial charge < -0.3 is 9.84 Å².